The third-order valence-corrected chi connectivity index (χ3v) is 7.07. The molecule has 1 saturated carbocycles. The van der Waals surface area contributed by atoms with Crippen LogP contribution in [0.1, 0.15) is 19.8 Å². The zero-order valence-corrected chi connectivity index (χ0v) is 20.3. The molecule has 3 fully saturated rings. The maximum Gasteiger partial charge on any atom is 0.187 e. The van der Waals surface area contributed by atoms with Crippen molar-refractivity contribution in [3.63, 3.8) is 0 Å². The van der Waals surface area contributed by atoms with Crippen molar-refractivity contribution in [2.24, 2.45) is 22.9 Å². The molecule has 0 amide bonds. The second kappa shape index (κ2) is 13.0. The van der Waals surface area contributed by atoms with Crippen molar-refractivity contribution in [1.82, 2.24) is 5.32 Å². The second-order valence-corrected chi connectivity index (χ2v) is 9.81. The first-order valence-electron chi connectivity index (χ1n) is 12.4. The van der Waals surface area contributed by atoms with Gasteiger partial charge in [-0.25, -0.2) is 0 Å². The fraction of sp³-hybridized carbons (Fsp3) is 1.00. The Balaban J connectivity index is 1.70. The number of aliphatic hydroxyl groups is 6. The molecule has 15 N–H and O–H groups in total. The average molecular weight is 526 g/mol. The van der Waals surface area contributed by atoms with Crippen LogP contribution >= 0.6 is 0 Å². The Bertz CT molecular complexity index is 683. The normalized spacial score (nSPS) is 50.2. The molecular weight excluding hydrogens is 482 g/mol. The molecule has 15 atom stereocenters. The minimum atomic E-state index is -1.64. The molecule has 3 rings (SSSR count). The van der Waals surface area contributed by atoms with Crippen molar-refractivity contribution >= 4 is 0 Å². The van der Waals surface area contributed by atoms with Crippen LogP contribution in [0.4, 0.5) is 0 Å². The van der Waals surface area contributed by atoms with Gasteiger partial charge in [0.15, 0.2) is 12.6 Å². The smallest absolute Gasteiger partial charge is 0.187 e. The van der Waals surface area contributed by atoms with Crippen LogP contribution in [-0.4, -0.2) is 142 Å². The van der Waals surface area contributed by atoms with Crippen LogP contribution in [0.5, 0.6) is 0 Å². The maximum absolute atomic E-state index is 11.1. The predicted molar refractivity (Wildman–Crippen MR) is 124 cm³/mol. The molecule has 0 aromatic carbocycles. The molecule has 1 aliphatic carbocycles. The molecule has 36 heavy (non-hydrogen) atoms. The molecule has 0 bridgehead atoms. The van der Waals surface area contributed by atoms with Crippen LogP contribution in [0.3, 0.4) is 0 Å². The summed E-state index contributed by atoms with van der Waals surface area (Å²) in [4.78, 5) is 0. The van der Waals surface area contributed by atoms with E-state index >= 15 is 0 Å². The van der Waals surface area contributed by atoms with Gasteiger partial charge >= 0.3 is 0 Å². The molecule has 15 nitrogen and oxygen atoms in total. The van der Waals surface area contributed by atoms with Gasteiger partial charge in [0, 0.05) is 25.2 Å². The summed E-state index contributed by atoms with van der Waals surface area (Å²) in [5.74, 6) is 0. The minimum absolute atomic E-state index is 0.125. The largest absolute Gasteiger partial charge is 0.389 e. The van der Waals surface area contributed by atoms with Crippen LogP contribution in [0.15, 0.2) is 0 Å². The van der Waals surface area contributed by atoms with Crippen molar-refractivity contribution in [2.75, 3.05) is 19.6 Å². The first-order chi connectivity index (χ1) is 17.0. The van der Waals surface area contributed by atoms with E-state index in [1.807, 2.05) is 6.92 Å². The Labute approximate surface area is 209 Å². The van der Waals surface area contributed by atoms with Gasteiger partial charge in [-0.05, 0) is 19.4 Å². The van der Waals surface area contributed by atoms with E-state index in [4.69, 9.17) is 41.9 Å². The first-order valence-corrected chi connectivity index (χ1v) is 12.4. The molecule has 3 aliphatic rings. The predicted octanol–water partition coefficient (Wildman–Crippen LogP) is -6.28. The number of rotatable bonds is 9. The lowest BCUT2D eigenvalue weighted by Gasteiger charge is -2.48. The van der Waals surface area contributed by atoms with Gasteiger partial charge in [-0.3, -0.25) is 0 Å². The van der Waals surface area contributed by atoms with Crippen LogP contribution in [0.2, 0.25) is 0 Å². The molecule has 15 heteroatoms. The highest BCUT2D eigenvalue weighted by atomic mass is 16.7. The molecule has 0 spiro atoms. The zero-order valence-electron chi connectivity index (χ0n) is 20.3. The van der Waals surface area contributed by atoms with Crippen LogP contribution in [0, 0.1) is 0 Å². The number of ether oxygens (including phenoxy) is 4. The summed E-state index contributed by atoms with van der Waals surface area (Å²) >= 11 is 0. The minimum Gasteiger partial charge on any atom is -0.389 e. The van der Waals surface area contributed by atoms with Gasteiger partial charge in [0.1, 0.15) is 54.9 Å². The summed E-state index contributed by atoms with van der Waals surface area (Å²) in [5, 5.41) is 65.6. The number of nitrogens with two attached hydrogens (primary N) is 4. The van der Waals surface area contributed by atoms with E-state index in [0.717, 1.165) is 6.42 Å². The Hall–Kier alpha value is -0.600. The zero-order chi connectivity index (χ0) is 26.7. The number of nitrogens with one attached hydrogen (secondary N) is 1. The van der Waals surface area contributed by atoms with Crippen molar-refractivity contribution in [3.8, 4) is 0 Å². The molecule has 212 valence electrons. The van der Waals surface area contributed by atoms with Crippen molar-refractivity contribution in [3.05, 3.63) is 0 Å². The quantitative estimate of drug-likeness (QED) is 0.125. The topological polar surface area (TPSA) is 274 Å². The highest BCUT2D eigenvalue weighted by molar-refractivity contribution is 5.01. The summed E-state index contributed by atoms with van der Waals surface area (Å²) < 4.78 is 22.9. The fourth-order valence-electron chi connectivity index (χ4n) is 4.84. The van der Waals surface area contributed by atoms with E-state index in [2.05, 4.69) is 5.32 Å². The molecule has 2 heterocycles. The lowest BCUT2D eigenvalue weighted by atomic mass is 9.84. The third-order valence-electron chi connectivity index (χ3n) is 7.07. The van der Waals surface area contributed by atoms with E-state index in [1.165, 1.54) is 0 Å². The van der Waals surface area contributed by atoms with Crippen molar-refractivity contribution < 1.29 is 49.6 Å². The summed E-state index contributed by atoms with van der Waals surface area (Å²) in [6.07, 6.45) is -14.6. The van der Waals surface area contributed by atoms with Gasteiger partial charge in [0.05, 0.1) is 12.1 Å². The lowest BCUT2D eigenvalue weighted by molar-refractivity contribution is -0.330. The van der Waals surface area contributed by atoms with E-state index in [1.54, 1.807) is 0 Å². The van der Waals surface area contributed by atoms with Gasteiger partial charge < -0.3 is 77.8 Å². The summed E-state index contributed by atoms with van der Waals surface area (Å²) in [5.41, 5.74) is 23.9. The van der Waals surface area contributed by atoms with Gasteiger partial charge in [0.25, 0.3) is 0 Å². The van der Waals surface area contributed by atoms with E-state index < -0.39 is 91.7 Å². The number of hydrogen-bond acceptors (Lipinski definition) is 15. The molecule has 0 unspecified atom stereocenters. The van der Waals surface area contributed by atoms with Gasteiger partial charge in [-0.2, -0.15) is 0 Å². The van der Waals surface area contributed by atoms with E-state index in [9.17, 15) is 30.6 Å². The van der Waals surface area contributed by atoms with E-state index in [-0.39, 0.29) is 19.5 Å². The van der Waals surface area contributed by atoms with Crippen LogP contribution in [0.25, 0.3) is 0 Å². The second-order valence-electron chi connectivity index (χ2n) is 9.81. The third kappa shape index (κ3) is 6.33. The molecule has 0 aromatic rings. The Morgan fingerprint density at radius 1 is 0.750 bits per heavy atom. The number of hydrogen-bond donors (Lipinski definition) is 11. The van der Waals surface area contributed by atoms with Gasteiger partial charge in [-0.1, -0.05) is 6.92 Å². The monoisotopic (exact) mass is 525 g/mol. The lowest BCUT2D eigenvalue weighted by Crippen LogP contribution is -2.68. The average Bonchev–Trinajstić information content (AvgIpc) is 2.85. The molecular formula is C21H43N5O10. The van der Waals surface area contributed by atoms with Gasteiger partial charge in [-0.15, -0.1) is 0 Å². The van der Waals surface area contributed by atoms with Crippen LogP contribution < -0.4 is 28.3 Å². The van der Waals surface area contributed by atoms with Gasteiger partial charge in [0.2, 0.25) is 0 Å². The summed E-state index contributed by atoms with van der Waals surface area (Å²) in [6.45, 7) is 2.78. The van der Waals surface area contributed by atoms with Crippen molar-refractivity contribution in [2.45, 2.75) is 112 Å². The highest BCUT2D eigenvalue weighted by Crippen LogP contribution is 2.31. The highest BCUT2D eigenvalue weighted by Gasteiger charge is 2.51. The summed E-state index contributed by atoms with van der Waals surface area (Å²) in [6, 6.07) is -2.67. The Morgan fingerprint density at radius 2 is 1.31 bits per heavy atom. The Morgan fingerprint density at radius 3 is 1.86 bits per heavy atom. The van der Waals surface area contributed by atoms with Crippen LogP contribution in [-0.2, 0) is 18.9 Å². The fourth-order valence-corrected chi connectivity index (χ4v) is 4.84. The maximum atomic E-state index is 11.1. The standard InChI is InChI=1S/C21H43N5O10/c1-2-3-26-6-10-12(27)11(25)14(29)20(34-10)35-18-7(23)4-8(24)19(17(18)32)36-21-16(31)15(30)13(28)9(5-22)33-21/h7-21,26-32H,2-6,22-25H2,1H3/t7-,8+,9-,10-,11+,12-,13-,14-,15+,16-,17-,18+,19-,20-,21+/m1/s1. The molecule has 0 aromatic heterocycles. The first kappa shape index (κ1) is 29.9. The Kier molecular flexibility index (Phi) is 10.8. The molecule has 0 radical (unpaired) electrons. The SMILES string of the molecule is CCCNC[C@H]1O[C@H](O[C@@H]2[C@@H](O)[C@H](O[C@@H]3O[C@H](CN)[C@@H](O)[C@H](O)[C@H]3O)[C@@H](N)C[C@H]2N)[C@H](O)[C@@H](N)[C@@H]1O. The summed E-state index contributed by atoms with van der Waals surface area (Å²) in [7, 11) is 0. The molecule has 2 aliphatic heterocycles. The van der Waals surface area contributed by atoms with E-state index in [0.29, 0.717) is 6.54 Å². The molecule has 2 saturated heterocycles. The number of aliphatic hydroxyl groups excluding tert-OH is 6. The van der Waals surface area contributed by atoms with Crippen molar-refractivity contribution in [1.29, 1.82) is 0 Å².